The van der Waals surface area contributed by atoms with Gasteiger partial charge in [0.05, 0.1) is 5.56 Å². The van der Waals surface area contributed by atoms with Crippen molar-refractivity contribution in [3.63, 3.8) is 0 Å². The van der Waals surface area contributed by atoms with Crippen LogP contribution in [0.15, 0.2) is 24.3 Å². The van der Waals surface area contributed by atoms with Crippen molar-refractivity contribution >= 4 is 5.97 Å². The van der Waals surface area contributed by atoms with Crippen LogP contribution >= 0.6 is 0 Å². The molecule has 0 amide bonds. The van der Waals surface area contributed by atoms with Crippen molar-refractivity contribution in [3.8, 4) is 0 Å². The van der Waals surface area contributed by atoms with Crippen molar-refractivity contribution in [1.82, 2.24) is 0 Å². The molecule has 1 aromatic carbocycles. The van der Waals surface area contributed by atoms with Crippen molar-refractivity contribution in [2.24, 2.45) is 0 Å². The second-order valence-corrected chi connectivity index (χ2v) is 5.02. The molecular weight excluding hydrogens is 291 g/mol. The zero-order chi connectivity index (χ0) is 16.4. The number of carbonyl (C=O) groups excluding carboxylic acids is 1. The lowest BCUT2D eigenvalue weighted by Crippen LogP contribution is -2.40. The fourth-order valence-electron chi connectivity index (χ4n) is 1.73. The predicted octanol–water partition coefficient (Wildman–Crippen LogP) is 3.36. The molecule has 0 unspecified atom stereocenters. The molecule has 1 rings (SSSR count). The van der Waals surface area contributed by atoms with Crippen LogP contribution in [0.5, 0.6) is 0 Å². The number of hydrogen-bond acceptors (Lipinski definition) is 4. The van der Waals surface area contributed by atoms with E-state index in [0.717, 1.165) is 31.2 Å². The van der Waals surface area contributed by atoms with E-state index in [4.69, 9.17) is 4.74 Å². The fraction of sp³-hybridized carbons (Fsp3) is 0.462. The lowest BCUT2D eigenvalue weighted by atomic mass is 9.91. The molecule has 21 heavy (non-hydrogen) atoms. The molecule has 5 nitrogen and oxygen atoms in total. The van der Waals surface area contributed by atoms with Crippen molar-refractivity contribution in [1.29, 1.82) is 0 Å². The van der Waals surface area contributed by atoms with Gasteiger partial charge in [-0.25, -0.2) is 0 Å². The van der Waals surface area contributed by atoms with E-state index in [0.29, 0.717) is 0 Å². The number of alkyl halides is 3. The highest BCUT2D eigenvalue weighted by Crippen LogP contribution is 2.35. The molecule has 0 aromatic heterocycles. The Balaban J connectivity index is 3.22. The summed E-state index contributed by atoms with van der Waals surface area (Å²) >= 11 is 0. The van der Waals surface area contributed by atoms with Gasteiger partial charge in [0.15, 0.2) is 6.10 Å². The molecule has 0 aliphatic carbocycles. The summed E-state index contributed by atoms with van der Waals surface area (Å²) in [5.74, 6) is -0.755. The first-order valence-corrected chi connectivity index (χ1v) is 5.95. The topological polar surface area (TPSA) is 69.4 Å². The van der Waals surface area contributed by atoms with Gasteiger partial charge in [-0.1, -0.05) is 12.1 Å². The van der Waals surface area contributed by atoms with E-state index >= 15 is 0 Å². The van der Waals surface area contributed by atoms with Gasteiger partial charge in [-0.15, -0.1) is 0 Å². The van der Waals surface area contributed by atoms with Crippen LogP contribution < -0.4 is 0 Å². The molecule has 0 radical (unpaired) electrons. The predicted molar refractivity (Wildman–Crippen MR) is 67.0 cm³/mol. The van der Waals surface area contributed by atoms with Crippen LogP contribution in [-0.2, 0) is 15.7 Å². The number of rotatable bonds is 4. The summed E-state index contributed by atoms with van der Waals surface area (Å²) in [5, 5.41) is 11.1. The molecule has 0 spiro atoms. The molecule has 1 aromatic rings. The number of halogens is 3. The Morgan fingerprint density at radius 3 is 2.05 bits per heavy atom. The van der Waals surface area contributed by atoms with E-state index in [1.54, 1.807) is 0 Å². The molecule has 0 bridgehead atoms. The number of ether oxygens (including phenoxy) is 1. The number of nitrogens with zero attached hydrogens (tertiary/aromatic N) is 1. The molecule has 0 fully saturated rings. The van der Waals surface area contributed by atoms with Crippen LogP contribution in [0, 0.1) is 10.1 Å². The summed E-state index contributed by atoms with van der Waals surface area (Å²) in [4.78, 5) is 21.5. The highest BCUT2D eigenvalue weighted by atomic mass is 19.4. The average Bonchev–Trinajstić information content (AvgIpc) is 2.34. The zero-order valence-electron chi connectivity index (χ0n) is 11.6. The number of hydrogen-bond donors (Lipinski definition) is 0. The largest absolute Gasteiger partial charge is 0.450 e. The highest BCUT2D eigenvalue weighted by Gasteiger charge is 2.44. The van der Waals surface area contributed by atoms with E-state index in [1.165, 1.54) is 13.8 Å². The van der Waals surface area contributed by atoms with Crippen LogP contribution in [0.2, 0.25) is 0 Å². The standard InChI is InChI=1S/C13H14F3NO4/c1-8(18)21-11(12(2,3)17(19)20)9-4-6-10(7-5-9)13(14,15)16/h4-7,11H,1-3H3/t11-/m1/s1. The van der Waals surface area contributed by atoms with Gasteiger partial charge in [0, 0.05) is 25.7 Å². The van der Waals surface area contributed by atoms with Gasteiger partial charge in [0.25, 0.3) is 5.54 Å². The maximum Gasteiger partial charge on any atom is 0.416 e. The summed E-state index contributed by atoms with van der Waals surface area (Å²) in [7, 11) is 0. The van der Waals surface area contributed by atoms with Gasteiger partial charge in [0.1, 0.15) is 0 Å². The molecule has 8 heteroatoms. The second-order valence-electron chi connectivity index (χ2n) is 5.02. The molecule has 0 saturated carbocycles. The highest BCUT2D eigenvalue weighted by molar-refractivity contribution is 5.66. The van der Waals surface area contributed by atoms with Crippen LogP contribution in [-0.4, -0.2) is 16.4 Å². The van der Waals surface area contributed by atoms with Crippen LogP contribution in [0.1, 0.15) is 38.0 Å². The van der Waals surface area contributed by atoms with E-state index in [9.17, 15) is 28.1 Å². The van der Waals surface area contributed by atoms with Crippen LogP contribution in [0.25, 0.3) is 0 Å². The quantitative estimate of drug-likeness (QED) is 0.486. The molecule has 116 valence electrons. The minimum Gasteiger partial charge on any atom is -0.450 e. The molecule has 1 atom stereocenters. The molecule has 0 heterocycles. The summed E-state index contributed by atoms with van der Waals surface area (Å²) in [6.45, 7) is 3.55. The number of nitro groups is 1. The number of carbonyl (C=O) groups is 1. The Morgan fingerprint density at radius 2 is 1.71 bits per heavy atom. The first kappa shape index (κ1) is 16.9. The van der Waals surface area contributed by atoms with Crippen LogP contribution in [0.3, 0.4) is 0 Å². The molecule has 0 N–H and O–H groups in total. The lowest BCUT2D eigenvalue weighted by Gasteiger charge is -2.26. The monoisotopic (exact) mass is 305 g/mol. The second kappa shape index (κ2) is 5.71. The summed E-state index contributed by atoms with van der Waals surface area (Å²) in [5.41, 5.74) is -2.43. The summed E-state index contributed by atoms with van der Waals surface area (Å²) < 4.78 is 42.4. The first-order chi connectivity index (χ1) is 9.46. The number of esters is 1. The van der Waals surface area contributed by atoms with E-state index < -0.39 is 34.3 Å². The molecular formula is C13H14F3NO4. The Hall–Kier alpha value is -2.12. The fourth-order valence-corrected chi connectivity index (χ4v) is 1.73. The Morgan fingerprint density at radius 1 is 1.24 bits per heavy atom. The maximum atomic E-state index is 12.5. The first-order valence-electron chi connectivity index (χ1n) is 5.95. The van der Waals surface area contributed by atoms with Gasteiger partial charge in [-0.05, 0) is 17.7 Å². The summed E-state index contributed by atoms with van der Waals surface area (Å²) in [6.07, 6.45) is -5.79. The van der Waals surface area contributed by atoms with E-state index in [-0.39, 0.29) is 5.56 Å². The Kier molecular flexibility index (Phi) is 4.60. The zero-order valence-corrected chi connectivity index (χ0v) is 11.6. The minimum atomic E-state index is -4.51. The normalized spacial score (nSPS) is 13.6. The van der Waals surface area contributed by atoms with Gasteiger partial charge >= 0.3 is 12.1 Å². The smallest absolute Gasteiger partial charge is 0.416 e. The molecule has 0 aliphatic heterocycles. The van der Waals surface area contributed by atoms with Crippen LogP contribution in [0.4, 0.5) is 13.2 Å². The van der Waals surface area contributed by atoms with E-state index in [1.807, 2.05) is 0 Å². The van der Waals surface area contributed by atoms with Gasteiger partial charge in [-0.2, -0.15) is 13.2 Å². The minimum absolute atomic E-state index is 0.125. The third kappa shape index (κ3) is 3.93. The summed E-state index contributed by atoms with van der Waals surface area (Å²) in [6, 6.07) is 3.73. The van der Waals surface area contributed by atoms with Gasteiger partial charge < -0.3 is 4.74 Å². The van der Waals surface area contributed by atoms with Crippen molar-refractivity contribution in [2.45, 2.75) is 38.6 Å². The lowest BCUT2D eigenvalue weighted by molar-refractivity contribution is -0.574. The average molecular weight is 305 g/mol. The number of benzene rings is 1. The van der Waals surface area contributed by atoms with Crippen molar-refractivity contribution < 1.29 is 27.6 Å². The molecule has 0 saturated heterocycles. The van der Waals surface area contributed by atoms with Crippen molar-refractivity contribution in [3.05, 3.63) is 45.5 Å². The van der Waals surface area contributed by atoms with Crippen molar-refractivity contribution in [2.75, 3.05) is 0 Å². The SMILES string of the molecule is CC(=O)O[C@H](c1ccc(C(F)(F)F)cc1)C(C)(C)[N+](=O)[O-]. The van der Waals surface area contributed by atoms with Gasteiger partial charge in [0.2, 0.25) is 0 Å². The Labute approximate surface area is 118 Å². The third-order valence-corrected chi connectivity index (χ3v) is 2.94. The third-order valence-electron chi connectivity index (χ3n) is 2.94. The molecule has 0 aliphatic rings. The Bertz CT molecular complexity index is 537. The van der Waals surface area contributed by atoms with Gasteiger partial charge in [-0.3, -0.25) is 14.9 Å². The van der Waals surface area contributed by atoms with E-state index in [2.05, 4.69) is 0 Å². The maximum absolute atomic E-state index is 12.5.